The van der Waals surface area contributed by atoms with Crippen LogP contribution in [0.2, 0.25) is 0 Å². The Hall–Kier alpha value is -1.64. The lowest BCUT2D eigenvalue weighted by atomic mass is 10.0. The summed E-state index contributed by atoms with van der Waals surface area (Å²) >= 11 is 0. The third-order valence-corrected chi connectivity index (χ3v) is 2.84. The summed E-state index contributed by atoms with van der Waals surface area (Å²) in [5.41, 5.74) is 2.09. The van der Waals surface area contributed by atoms with E-state index in [0.29, 0.717) is 5.92 Å². The molecule has 1 heterocycles. The Labute approximate surface area is 102 Å². The van der Waals surface area contributed by atoms with Gasteiger partial charge in [0.25, 0.3) is 0 Å². The molecule has 90 valence electrons. The van der Waals surface area contributed by atoms with Gasteiger partial charge in [-0.3, -0.25) is 0 Å². The van der Waals surface area contributed by atoms with Gasteiger partial charge in [-0.1, -0.05) is 20.8 Å². The maximum atomic E-state index is 5.24. The van der Waals surface area contributed by atoms with Crippen LogP contribution >= 0.6 is 0 Å². The molecule has 0 atom stereocenters. The Morgan fingerprint density at radius 2 is 2.00 bits per heavy atom. The topological polar surface area (TPSA) is 35.0 Å². The molecule has 0 fully saturated rings. The molecule has 0 spiro atoms. The molecule has 0 aliphatic carbocycles. The van der Waals surface area contributed by atoms with E-state index < -0.39 is 0 Å². The monoisotopic (exact) mass is 230 g/mol. The molecule has 1 aromatic carbocycles. The number of benzene rings is 1. The van der Waals surface area contributed by atoms with E-state index in [1.54, 1.807) is 7.11 Å². The average Bonchev–Trinajstić information content (AvgIpc) is 2.36. The molecule has 0 N–H and O–H groups in total. The van der Waals surface area contributed by atoms with Crippen LogP contribution in [0.15, 0.2) is 18.2 Å². The van der Waals surface area contributed by atoms with Crippen molar-refractivity contribution in [2.45, 2.75) is 33.1 Å². The highest BCUT2D eigenvalue weighted by Gasteiger charge is 2.10. The lowest BCUT2D eigenvalue weighted by Crippen LogP contribution is -2.02. The maximum absolute atomic E-state index is 5.24. The van der Waals surface area contributed by atoms with Gasteiger partial charge in [0.15, 0.2) is 0 Å². The number of hydrogen-bond acceptors (Lipinski definition) is 3. The number of hydrogen-bond donors (Lipinski definition) is 0. The zero-order chi connectivity index (χ0) is 12.4. The summed E-state index contributed by atoms with van der Waals surface area (Å²) in [4.78, 5) is 9.18. The maximum Gasteiger partial charge on any atom is 0.129 e. The van der Waals surface area contributed by atoms with Crippen molar-refractivity contribution >= 4 is 10.9 Å². The van der Waals surface area contributed by atoms with Gasteiger partial charge in [-0.05, 0) is 18.1 Å². The SMILES string of the molecule is CCc1nc(C(C)C)c2ccc(OC)cc2n1. The normalized spacial score (nSPS) is 11.1. The average molecular weight is 230 g/mol. The largest absolute Gasteiger partial charge is 0.497 e. The molecule has 0 aliphatic heterocycles. The Morgan fingerprint density at radius 3 is 2.59 bits per heavy atom. The summed E-state index contributed by atoms with van der Waals surface area (Å²) in [7, 11) is 1.67. The van der Waals surface area contributed by atoms with Crippen molar-refractivity contribution in [3.05, 3.63) is 29.7 Å². The minimum atomic E-state index is 0.402. The van der Waals surface area contributed by atoms with Crippen LogP contribution in [0.5, 0.6) is 5.75 Å². The standard InChI is InChI=1S/C14H18N2O/c1-5-13-15-12-8-10(17-4)6-7-11(12)14(16-13)9(2)3/h6-9H,5H2,1-4H3. The first-order valence-corrected chi connectivity index (χ1v) is 6.00. The van der Waals surface area contributed by atoms with Gasteiger partial charge in [-0.25, -0.2) is 9.97 Å². The predicted molar refractivity (Wildman–Crippen MR) is 69.6 cm³/mol. The molecule has 0 bridgehead atoms. The molecular weight excluding hydrogens is 212 g/mol. The summed E-state index contributed by atoms with van der Waals surface area (Å²) in [5, 5.41) is 1.12. The lowest BCUT2D eigenvalue weighted by molar-refractivity contribution is 0.415. The molecule has 3 nitrogen and oxygen atoms in total. The van der Waals surface area contributed by atoms with Gasteiger partial charge in [-0.15, -0.1) is 0 Å². The van der Waals surface area contributed by atoms with Crippen molar-refractivity contribution < 1.29 is 4.74 Å². The van der Waals surface area contributed by atoms with E-state index in [4.69, 9.17) is 4.74 Å². The number of aryl methyl sites for hydroxylation is 1. The second-order valence-electron chi connectivity index (χ2n) is 4.42. The second kappa shape index (κ2) is 4.70. The fraction of sp³-hybridized carbons (Fsp3) is 0.429. The van der Waals surface area contributed by atoms with Crippen LogP contribution in [-0.4, -0.2) is 17.1 Å². The summed E-state index contributed by atoms with van der Waals surface area (Å²) in [6.45, 7) is 6.39. The molecule has 0 saturated heterocycles. The number of nitrogens with zero attached hydrogens (tertiary/aromatic N) is 2. The number of ether oxygens (including phenoxy) is 1. The van der Waals surface area contributed by atoms with Crippen molar-refractivity contribution in [1.29, 1.82) is 0 Å². The third kappa shape index (κ3) is 2.23. The van der Waals surface area contributed by atoms with Crippen LogP contribution in [0.25, 0.3) is 10.9 Å². The highest BCUT2D eigenvalue weighted by atomic mass is 16.5. The van der Waals surface area contributed by atoms with E-state index in [9.17, 15) is 0 Å². The van der Waals surface area contributed by atoms with E-state index in [1.165, 1.54) is 0 Å². The van der Waals surface area contributed by atoms with Crippen LogP contribution in [0.4, 0.5) is 0 Å². The molecule has 0 saturated carbocycles. The first kappa shape index (κ1) is 11.8. The van der Waals surface area contributed by atoms with Crippen molar-refractivity contribution in [1.82, 2.24) is 9.97 Å². The van der Waals surface area contributed by atoms with Gasteiger partial charge in [-0.2, -0.15) is 0 Å². The zero-order valence-electron chi connectivity index (χ0n) is 10.8. The molecule has 0 radical (unpaired) electrons. The third-order valence-electron chi connectivity index (χ3n) is 2.84. The van der Waals surface area contributed by atoms with Crippen LogP contribution in [0.1, 0.15) is 38.2 Å². The quantitative estimate of drug-likeness (QED) is 0.811. The molecule has 1 aromatic heterocycles. The first-order chi connectivity index (χ1) is 8.15. The number of fused-ring (bicyclic) bond motifs is 1. The van der Waals surface area contributed by atoms with E-state index in [2.05, 4.69) is 30.7 Å². The Bertz CT molecular complexity index is 530. The smallest absolute Gasteiger partial charge is 0.129 e. The molecular formula is C14H18N2O. The van der Waals surface area contributed by atoms with Crippen LogP contribution in [-0.2, 0) is 6.42 Å². The molecule has 0 aliphatic rings. The van der Waals surface area contributed by atoms with E-state index >= 15 is 0 Å². The molecule has 3 heteroatoms. The van der Waals surface area contributed by atoms with Gasteiger partial charge < -0.3 is 4.74 Å². The summed E-state index contributed by atoms with van der Waals surface area (Å²) in [5.74, 6) is 2.14. The van der Waals surface area contributed by atoms with E-state index in [1.807, 2.05) is 18.2 Å². The molecule has 2 rings (SSSR count). The highest BCUT2D eigenvalue weighted by Crippen LogP contribution is 2.26. The van der Waals surface area contributed by atoms with Crippen LogP contribution < -0.4 is 4.74 Å². The van der Waals surface area contributed by atoms with Crippen LogP contribution in [0.3, 0.4) is 0 Å². The minimum absolute atomic E-state index is 0.402. The first-order valence-electron chi connectivity index (χ1n) is 6.00. The van der Waals surface area contributed by atoms with E-state index in [0.717, 1.165) is 34.6 Å². The zero-order valence-corrected chi connectivity index (χ0v) is 10.8. The number of rotatable bonds is 3. The van der Waals surface area contributed by atoms with Crippen molar-refractivity contribution in [2.24, 2.45) is 0 Å². The van der Waals surface area contributed by atoms with Gasteiger partial charge in [0.1, 0.15) is 11.6 Å². The van der Waals surface area contributed by atoms with E-state index in [-0.39, 0.29) is 0 Å². The Balaban J connectivity index is 2.71. The summed E-state index contributed by atoms with van der Waals surface area (Å²) in [6.07, 6.45) is 0.854. The van der Waals surface area contributed by atoms with Crippen molar-refractivity contribution in [2.75, 3.05) is 7.11 Å². The fourth-order valence-electron chi connectivity index (χ4n) is 1.91. The van der Waals surface area contributed by atoms with Gasteiger partial charge >= 0.3 is 0 Å². The molecule has 0 amide bonds. The highest BCUT2D eigenvalue weighted by molar-refractivity contribution is 5.82. The number of aromatic nitrogens is 2. The van der Waals surface area contributed by atoms with Gasteiger partial charge in [0.05, 0.1) is 18.3 Å². The van der Waals surface area contributed by atoms with Gasteiger partial charge in [0.2, 0.25) is 0 Å². The summed E-state index contributed by atoms with van der Waals surface area (Å²) < 4.78 is 5.24. The molecule has 17 heavy (non-hydrogen) atoms. The fourth-order valence-corrected chi connectivity index (χ4v) is 1.91. The lowest BCUT2D eigenvalue weighted by Gasteiger charge is -2.11. The molecule has 2 aromatic rings. The van der Waals surface area contributed by atoms with Crippen LogP contribution in [0, 0.1) is 0 Å². The van der Waals surface area contributed by atoms with Gasteiger partial charge in [0, 0.05) is 17.9 Å². The predicted octanol–water partition coefficient (Wildman–Crippen LogP) is 3.32. The minimum Gasteiger partial charge on any atom is -0.497 e. The van der Waals surface area contributed by atoms with Crippen molar-refractivity contribution in [3.63, 3.8) is 0 Å². The summed E-state index contributed by atoms with van der Waals surface area (Å²) in [6, 6.07) is 5.98. The molecule has 0 unspecified atom stereocenters. The second-order valence-corrected chi connectivity index (χ2v) is 4.42. The number of methoxy groups -OCH3 is 1. The van der Waals surface area contributed by atoms with Crippen molar-refractivity contribution in [3.8, 4) is 5.75 Å². The Morgan fingerprint density at radius 1 is 1.24 bits per heavy atom. The Kier molecular flexibility index (Phi) is 3.27.